The summed E-state index contributed by atoms with van der Waals surface area (Å²) in [5.41, 5.74) is 0.713. The van der Waals surface area contributed by atoms with Crippen molar-refractivity contribution < 1.29 is 4.79 Å². The lowest BCUT2D eigenvalue weighted by Gasteiger charge is -2.14. The van der Waals surface area contributed by atoms with Gasteiger partial charge in [0.1, 0.15) is 0 Å². The molecule has 1 amide bonds. The summed E-state index contributed by atoms with van der Waals surface area (Å²) in [5, 5.41) is 12.9. The molecule has 0 fully saturated rings. The highest BCUT2D eigenvalue weighted by atomic mass is 32.2. The fourth-order valence-corrected chi connectivity index (χ4v) is 4.06. The van der Waals surface area contributed by atoms with Crippen molar-refractivity contribution in [2.24, 2.45) is 5.92 Å². The van der Waals surface area contributed by atoms with Gasteiger partial charge in [0.2, 0.25) is 11.7 Å². The van der Waals surface area contributed by atoms with E-state index in [1.165, 1.54) is 11.8 Å². The molecule has 3 rings (SSSR count). The van der Waals surface area contributed by atoms with E-state index in [1.54, 1.807) is 4.57 Å². The van der Waals surface area contributed by atoms with Crippen molar-refractivity contribution in [2.75, 3.05) is 5.75 Å². The summed E-state index contributed by atoms with van der Waals surface area (Å²) < 4.78 is 3.59. The first-order valence-electron chi connectivity index (χ1n) is 10.2. The Morgan fingerprint density at radius 3 is 2.59 bits per heavy atom. The Kier molecular flexibility index (Phi) is 6.95. The Morgan fingerprint density at radius 1 is 1.17 bits per heavy atom. The topological polar surface area (TPSA) is 81.3 Å². The molecule has 0 aliphatic heterocycles. The Balaban J connectivity index is 1.97. The first kappa shape index (κ1) is 21.4. The second-order valence-corrected chi connectivity index (χ2v) is 8.59. The van der Waals surface area contributed by atoms with Gasteiger partial charge < -0.3 is 5.32 Å². The van der Waals surface area contributed by atoms with Crippen LogP contribution in [0, 0.1) is 5.92 Å². The Hall–Kier alpha value is -2.35. The lowest BCUT2D eigenvalue weighted by molar-refractivity contribution is -0.119. The molecule has 1 N–H and O–H groups in total. The minimum absolute atomic E-state index is 0.0158. The highest BCUT2D eigenvalue weighted by Gasteiger charge is 2.18. The number of thioether (sulfide) groups is 1. The molecule has 1 aromatic carbocycles. The summed E-state index contributed by atoms with van der Waals surface area (Å²) in [6.45, 7) is 8.98. The quantitative estimate of drug-likeness (QED) is 0.541. The third-order valence-electron chi connectivity index (χ3n) is 5.09. The van der Waals surface area contributed by atoms with E-state index >= 15 is 0 Å². The zero-order valence-electron chi connectivity index (χ0n) is 17.5. The molecular weight excluding hydrogens is 386 g/mol. The number of benzene rings is 1. The summed E-state index contributed by atoms with van der Waals surface area (Å²) in [6.07, 6.45) is 2.70. The van der Waals surface area contributed by atoms with Gasteiger partial charge in [-0.2, -0.15) is 0 Å². The molecular formula is C21H29N5O2S. The van der Waals surface area contributed by atoms with Crippen molar-refractivity contribution in [3.63, 3.8) is 0 Å². The third-order valence-corrected chi connectivity index (χ3v) is 6.02. The van der Waals surface area contributed by atoms with E-state index < -0.39 is 0 Å². The van der Waals surface area contributed by atoms with Crippen molar-refractivity contribution in [1.82, 2.24) is 24.5 Å². The van der Waals surface area contributed by atoms with Crippen LogP contribution in [0.5, 0.6) is 0 Å². The zero-order valence-corrected chi connectivity index (χ0v) is 18.3. The Labute approximate surface area is 174 Å². The van der Waals surface area contributed by atoms with Gasteiger partial charge in [0.15, 0.2) is 5.16 Å². The lowest BCUT2D eigenvalue weighted by atomic mass is 10.1. The summed E-state index contributed by atoms with van der Waals surface area (Å²) in [5.74, 6) is 1.24. The number of para-hydroxylation sites is 1. The maximum atomic E-state index is 13.0. The molecule has 29 heavy (non-hydrogen) atoms. The van der Waals surface area contributed by atoms with Gasteiger partial charge >= 0.3 is 0 Å². The minimum Gasteiger partial charge on any atom is -0.353 e. The van der Waals surface area contributed by atoms with Crippen LogP contribution in [0.3, 0.4) is 0 Å². The highest BCUT2D eigenvalue weighted by Crippen LogP contribution is 2.22. The number of aromatic nitrogens is 4. The van der Waals surface area contributed by atoms with Crippen molar-refractivity contribution in [3.05, 3.63) is 34.6 Å². The molecule has 0 saturated heterocycles. The number of aryl methyl sites for hydroxylation is 1. The minimum atomic E-state index is -0.0517. The molecule has 3 aromatic rings. The maximum absolute atomic E-state index is 13.0. The van der Waals surface area contributed by atoms with Gasteiger partial charge in [-0.15, -0.1) is 10.2 Å². The van der Waals surface area contributed by atoms with Crippen molar-refractivity contribution in [1.29, 1.82) is 0 Å². The van der Waals surface area contributed by atoms with Crippen molar-refractivity contribution >= 4 is 34.3 Å². The molecule has 0 saturated carbocycles. The number of carbonyl (C=O) groups excluding carboxylic acids is 1. The van der Waals surface area contributed by atoms with E-state index in [9.17, 15) is 9.59 Å². The molecule has 2 heterocycles. The second kappa shape index (κ2) is 9.43. The number of nitrogens with one attached hydrogen (secondary N) is 1. The first-order valence-corrected chi connectivity index (χ1v) is 11.2. The third kappa shape index (κ3) is 4.63. The number of amides is 1. The number of hydrogen-bond acceptors (Lipinski definition) is 5. The van der Waals surface area contributed by atoms with Crippen molar-refractivity contribution in [3.8, 4) is 0 Å². The standard InChI is InChI=1S/C21H29N5O2S/c1-5-15(6-2)22-18(27)13-29-21-24-23-20-25(12-11-14(3)4)19(28)16-9-7-8-10-17(16)26(20)21/h7-10,14-15H,5-6,11-13H2,1-4H3,(H,22,27). The molecule has 0 bridgehead atoms. The number of carbonyl (C=O) groups is 1. The molecule has 8 heteroatoms. The van der Waals surface area contributed by atoms with Crippen molar-refractivity contribution in [2.45, 2.75) is 64.7 Å². The molecule has 0 spiro atoms. The molecule has 0 radical (unpaired) electrons. The van der Waals surface area contributed by atoms with Gasteiger partial charge in [0.25, 0.3) is 5.56 Å². The van der Waals surface area contributed by atoms with Crippen LogP contribution >= 0.6 is 11.8 Å². The highest BCUT2D eigenvalue weighted by molar-refractivity contribution is 7.99. The average Bonchev–Trinajstić information content (AvgIpc) is 3.14. The first-order chi connectivity index (χ1) is 14.0. The van der Waals surface area contributed by atoms with Gasteiger partial charge in [-0.3, -0.25) is 18.6 Å². The van der Waals surface area contributed by atoms with Crippen LogP contribution < -0.4 is 10.9 Å². The van der Waals surface area contributed by atoms with Crippen LogP contribution in [-0.4, -0.2) is 36.9 Å². The van der Waals surface area contributed by atoms with E-state index in [0.29, 0.717) is 28.8 Å². The molecule has 156 valence electrons. The smallest absolute Gasteiger partial charge is 0.262 e. The summed E-state index contributed by atoms with van der Waals surface area (Å²) in [4.78, 5) is 25.3. The van der Waals surface area contributed by atoms with Gasteiger partial charge in [-0.05, 0) is 37.3 Å². The van der Waals surface area contributed by atoms with Crippen LogP contribution in [0.25, 0.3) is 16.7 Å². The number of rotatable bonds is 9. The van der Waals surface area contributed by atoms with Crippen LogP contribution in [0.1, 0.15) is 47.0 Å². The van der Waals surface area contributed by atoms with E-state index in [-0.39, 0.29) is 23.3 Å². The monoisotopic (exact) mass is 415 g/mol. The SMILES string of the molecule is CCC(CC)NC(=O)CSc1nnc2n(CCC(C)C)c(=O)c3ccccc3n12. The summed E-state index contributed by atoms with van der Waals surface area (Å²) in [6, 6.07) is 7.68. The Bertz CT molecular complexity index is 1050. The zero-order chi connectivity index (χ0) is 21.0. The molecule has 7 nitrogen and oxygen atoms in total. The number of fused-ring (bicyclic) bond motifs is 3. The molecule has 0 aliphatic rings. The molecule has 0 unspecified atom stereocenters. The summed E-state index contributed by atoms with van der Waals surface area (Å²) >= 11 is 1.34. The van der Waals surface area contributed by atoms with Gasteiger partial charge in [-0.25, -0.2) is 0 Å². The predicted molar refractivity (Wildman–Crippen MR) is 117 cm³/mol. The Morgan fingerprint density at radius 2 is 1.90 bits per heavy atom. The van der Waals surface area contributed by atoms with E-state index in [1.807, 2.05) is 28.7 Å². The lowest BCUT2D eigenvalue weighted by Crippen LogP contribution is -2.35. The van der Waals surface area contributed by atoms with Gasteiger partial charge in [-0.1, -0.05) is 51.6 Å². The van der Waals surface area contributed by atoms with E-state index in [4.69, 9.17) is 0 Å². The largest absolute Gasteiger partial charge is 0.353 e. The van der Waals surface area contributed by atoms with E-state index in [2.05, 4.69) is 43.2 Å². The van der Waals surface area contributed by atoms with Gasteiger partial charge in [0.05, 0.1) is 16.7 Å². The normalized spacial score (nSPS) is 11.8. The maximum Gasteiger partial charge on any atom is 0.262 e. The predicted octanol–water partition coefficient (Wildman–Crippen LogP) is 3.49. The van der Waals surface area contributed by atoms with Crippen LogP contribution in [0.4, 0.5) is 0 Å². The fraction of sp³-hybridized carbons (Fsp3) is 0.524. The fourth-order valence-electron chi connectivity index (χ4n) is 3.31. The molecule has 0 atom stereocenters. The van der Waals surface area contributed by atoms with E-state index in [0.717, 1.165) is 24.8 Å². The second-order valence-electron chi connectivity index (χ2n) is 7.64. The van der Waals surface area contributed by atoms with Gasteiger partial charge in [0, 0.05) is 12.6 Å². The number of hydrogen-bond donors (Lipinski definition) is 1. The number of nitrogens with zero attached hydrogens (tertiary/aromatic N) is 4. The summed E-state index contributed by atoms with van der Waals surface area (Å²) in [7, 11) is 0. The van der Waals surface area contributed by atoms with Crippen LogP contribution in [0.2, 0.25) is 0 Å². The average molecular weight is 416 g/mol. The molecule has 0 aliphatic carbocycles. The van der Waals surface area contributed by atoms with Crippen LogP contribution in [-0.2, 0) is 11.3 Å². The van der Waals surface area contributed by atoms with Crippen LogP contribution in [0.15, 0.2) is 34.2 Å². The molecule has 2 aromatic heterocycles.